The maximum Gasteiger partial charge on any atom is 0.0657 e. The van der Waals surface area contributed by atoms with Crippen LogP contribution in [0.2, 0.25) is 0 Å². The first-order chi connectivity index (χ1) is 10.3. The van der Waals surface area contributed by atoms with Gasteiger partial charge in [0.25, 0.3) is 0 Å². The molecule has 0 spiro atoms. The van der Waals surface area contributed by atoms with Gasteiger partial charge in [0.05, 0.1) is 5.60 Å². The third-order valence-electron chi connectivity index (χ3n) is 8.35. The van der Waals surface area contributed by atoms with Crippen LogP contribution in [0, 0.1) is 28.6 Å². The van der Waals surface area contributed by atoms with E-state index in [1.807, 2.05) is 6.92 Å². The van der Waals surface area contributed by atoms with Crippen LogP contribution < -0.4 is 0 Å². The van der Waals surface area contributed by atoms with Crippen molar-refractivity contribution in [2.75, 3.05) is 0 Å². The summed E-state index contributed by atoms with van der Waals surface area (Å²) in [7, 11) is 0. The molecule has 1 nitrogen and oxygen atoms in total. The Balaban J connectivity index is 1.68. The van der Waals surface area contributed by atoms with E-state index < -0.39 is 5.60 Å². The molecule has 0 aliphatic heterocycles. The third kappa shape index (κ3) is 1.87. The summed E-state index contributed by atoms with van der Waals surface area (Å²) in [4.78, 5) is 0. The summed E-state index contributed by atoms with van der Waals surface area (Å²) >= 11 is 0. The number of fused-ring (bicyclic) bond motifs is 5. The largest absolute Gasteiger partial charge is 0.390 e. The summed E-state index contributed by atoms with van der Waals surface area (Å²) < 4.78 is 0. The van der Waals surface area contributed by atoms with E-state index in [4.69, 9.17) is 0 Å². The Hall–Kier alpha value is -0.560. The van der Waals surface area contributed by atoms with E-state index in [9.17, 15) is 5.11 Å². The lowest BCUT2D eigenvalue weighted by Crippen LogP contribution is -2.51. The van der Waals surface area contributed by atoms with Crippen LogP contribution >= 0.6 is 0 Å². The van der Waals surface area contributed by atoms with Gasteiger partial charge >= 0.3 is 0 Å². The highest BCUT2D eigenvalue weighted by atomic mass is 16.3. The smallest absolute Gasteiger partial charge is 0.0657 e. The summed E-state index contributed by atoms with van der Waals surface area (Å²) in [5.74, 6) is 2.58. The van der Waals surface area contributed by atoms with Gasteiger partial charge in [0.2, 0.25) is 0 Å². The van der Waals surface area contributed by atoms with Crippen molar-refractivity contribution in [3.05, 3.63) is 23.3 Å². The lowest BCUT2D eigenvalue weighted by Gasteiger charge is -2.58. The molecule has 4 rings (SSSR count). The second kappa shape index (κ2) is 4.50. The first-order valence-electron chi connectivity index (χ1n) is 9.35. The van der Waals surface area contributed by atoms with E-state index in [1.54, 1.807) is 11.1 Å². The van der Waals surface area contributed by atoms with Crippen LogP contribution in [0.25, 0.3) is 0 Å². The fraction of sp³-hybridized carbons (Fsp3) is 0.810. The van der Waals surface area contributed by atoms with Crippen molar-refractivity contribution in [3.8, 4) is 0 Å². The van der Waals surface area contributed by atoms with Gasteiger partial charge in [-0.05, 0) is 87.4 Å². The highest BCUT2D eigenvalue weighted by Crippen LogP contribution is 2.65. The molecular formula is C21H32O. The highest BCUT2D eigenvalue weighted by Gasteiger charge is 2.56. The first kappa shape index (κ1) is 15.0. The van der Waals surface area contributed by atoms with Gasteiger partial charge in [0.15, 0.2) is 0 Å². The third-order valence-corrected chi connectivity index (χ3v) is 8.35. The Labute approximate surface area is 135 Å². The van der Waals surface area contributed by atoms with Crippen LogP contribution in [-0.4, -0.2) is 10.7 Å². The highest BCUT2D eigenvalue weighted by molar-refractivity contribution is 5.30. The molecule has 1 heteroatoms. The second-order valence-electron chi connectivity index (χ2n) is 9.51. The molecule has 1 N–H and O–H groups in total. The van der Waals surface area contributed by atoms with E-state index in [0.717, 1.165) is 30.6 Å². The lowest BCUT2D eigenvalue weighted by atomic mass is 9.47. The normalized spacial score (nSPS) is 54.0. The number of hydrogen-bond acceptors (Lipinski definition) is 1. The van der Waals surface area contributed by atoms with E-state index in [-0.39, 0.29) is 0 Å². The average molecular weight is 300 g/mol. The van der Waals surface area contributed by atoms with Crippen molar-refractivity contribution in [2.24, 2.45) is 28.6 Å². The average Bonchev–Trinajstić information content (AvgIpc) is 2.76. The van der Waals surface area contributed by atoms with Crippen molar-refractivity contribution < 1.29 is 5.11 Å². The molecule has 0 saturated heterocycles. The fourth-order valence-corrected chi connectivity index (χ4v) is 6.59. The van der Waals surface area contributed by atoms with E-state index in [1.165, 1.54) is 32.1 Å². The molecular weight excluding hydrogens is 268 g/mol. The topological polar surface area (TPSA) is 20.2 Å². The standard InChI is InChI=1S/C21H32O/c1-14-5-8-17-16-7-6-15-13-19(2,22)11-12-21(15,4)18(16)9-10-20(14,17)3/h5-6,16-18,22H,7-13H2,1-4H3/t16?,17?,18?,19-,20?,21-/m0/s1. The van der Waals surface area contributed by atoms with Gasteiger partial charge in [-0.2, -0.15) is 0 Å². The molecule has 122 valence electrons. The molecule has 4 aliphatic rings. The monoisotopic (exact) mass is 300 g/mol. The Morgan fingerprint density at radius 3 is 2.50 bits per heavy atom. The molecule has 0 aromatic heterocycles. The molecule has 0 radical (unpaired) electrons. The molecule has 0 aromatic carbocycles. The molecule has 0 aromatic rings. The Morgan fingerprint density at radius 1 is 0.955 bits per heavy atom. The predicted molar refractivity (Wildman–Crippen MR) is 91.5 cm³/mol. The van der Waals surface area contributed by atoms with Crippen LogP contribution in [0.5, 0.6) is 0 Å². The number of rotatable bonds is 0. The minimum Gasteiger partial charge on any atom is -0.390 e. The summed E-state index contributed by atoms with van der Waals surface area (Å²) in [6.45, 7) is 9.44. The van der Waals surface area contributed by atoms with Crippen molar-refractivity contribution in [1.29, 1.82) is 0 Å². The molecule has 0 bridgehead atoms. The Bertz CT molecular complexity index is 554. The molecule has 2 saturated carbocycles. The zero-order valence-corrected chi connectivity index (χ0v) is 14.8. The maximum atomic E-state index is 10.5. The van der Waals surface area contributed by atoms with Gasteiger partial charge in [-0.1, -0.05) is 37.1 Å². The van der Waals surface area contributed by atoms with Gasteiger partial charge in [0, 0.05) is 0 Å². The molecule has 4 unspecified atom stereocenters. The van der Waals surface area contributed by atoms with Gasteiger partial charge in [-0.3, -0.25) is 0 Å². The van der Waals surface area contributed by atoms with Crippen LogP contribution in [-0.2, 0) is 0 Å². The molecule has 22 heavy (non-hydrogen) atoms. The van der Waals surface area contributed by atoms with Crippen molar-refractivity contribution in [2.45, 2.75) is 78.2 Å². The summed E-state index contributed by atoms with van der Waals surface area (Å²) in [5, 5.41) is 10.5. The van der Waals surface area contributed by atoms with E-state index in [2.05, 4.69) is 32.9 Å². The molecule has 0 heterocycles. The first-order valence-corrected chi connectivity index (χ1v) is 9.35. The van der Waals surface area contributed by atoms with Crippen LogP contribution in [0.3, 0.4) is 0 Å². The Kier molecular flexibility index (Phi) is 3.07. The minimum atomic E-state index is -0.465. The quantitative estimate of drug-likeness (QED) is 0.605. The zero-order valence-electron chi connectivity index (χ0n) is 14.8. The number of allylic oxidation sites excluding steroid dienone is 3. The molecule has 2 fully saturated rings. The van der Waals surface area contributed by atoms with Gasteiger partial charge in [-0.15, -0.1) is 0 Å². The number of hydrogen-bond donors (Lipinski definition) is 1. The van der Waals surface area contributed by atoms with Gasteiger partial charge in [0.1, 0.15) is 0 Å². The van der Waals surface area contributed by atoms with Crippen molar-refractivity contribution in [1.82, 2.24) is 0 Å². The van der Waals surface area contributed by atoms with E-state index in [0.29, 0.717) is 10.8 Å². The SMILES string of the molecule is CC1=CCC2C3CC=C4C[C@@](C)(O)CC[C@]4(C)C3CCC12C. The van der Waals surface area contributed by atoms with Gasteiger partial charge < -0.3 is 5.11 Å². The lowest BCUT2D eigenvalue weighted by molar-refractivity contribution is -0.0519. The van der Waals surface area contributed by atoms with Crippen LogP contribution in [0.1, 0.15) is 72.6 Å². The molecule has 4 aliphatic carbocycles. The zero-order chi connectivity index (χ0) is 15.8. The second-order valence-corrected chi connectivity index (χ2v) is 9.51. The summed E-state index contributed by atoms with van der Waals surface area (Å²) in [5.41, 5.74) is 3.61. The van der Waals surface area contributed by atoms with Crippen LogP contribution in [0.4, 0.5) is 0 Å². The minimum absolute atomic E-state index is 0.364. The molecule has 0 amide bonds. The number of aliphatic hydroxyl groups is 1. The summed E-state index contributed by atoms with van der Waals surface area (Å²) in [6.07, 6.45) is 13.5. The van der Waals surface area contributed by atoms with Crippen molar-refractivity contribution in [3.63, 3.8) is 0 Å². The fourth-order valence-electron chi connectivity index (χ4n) is 6.59. The predicted octanol–water partition coefficient (Wildman–Crippen LogP) is 5.26. The molecule has 6 atom stereocenters. The maximum absolute atomic E-state index is 10.5. The van der Waals surface area contributed by atoms with E-state index >= 15 is 0 Å². The Morgan fingerprint density at radius 2 is 1.73 bits per heavy atom. The van der Waals surface area contributed by atoms with Crippen molar-refractivity contribution >= 4 is 0 Å². The van der Waals surface area contributed by atoms with Gasteiger partial charge in [-0.25, -0.2) is 0 Å². The summed E-state index contributed by atoms with van der Waals surface area (Å²) in [6, 6.07) is 0. The van der Waals surface area contributed by atoms with Crippen LogP contribution in [0.15, 0.2) is 23.3 Å².